The number of anilines is 1. The van der Waals surface area contributed by atoms with Crippen molar-refractivity contribution in [3.8, 4) is 0 Å². The summed E-state index contributed by atoms with van der Waals surface area (Å²) in [5.74, 6) is -0.475. The molecule has 0 saturated carbocycles. The molecule has 0 saturated heterocycles. The molecule has 0 aliphatic rings. The van der Waals surface area contributed by atoms with Gasteiger partial charge in [-0.3, -0.25) is 0 Å². The lowest BCUT2D eigenvalue weighted by Gasteiger charge is -2.09. The summed E-state index contributed by atoms with van der Waals surface area (Å²) >= 11 is 1.63. The lowest BCUT2D eigenvalue weighted by molar-refractivity contribution is 0.0519. The van der Waals surface area contributed by atoms with Crippen LogP contribution in [0.25, 0.3) is 0 Å². The maximum absolute atomic E-state index is 11.4. The number of esters is 1. The van der Waals surface area contributed by atoms with Gasteiger partial charge in [0.15, 0.2) is 5.69 Å². The van der Waals surface area contributed by atoms with E-state index in [0.29, 0.717) is 12.6 Å². The summed E-state index contributed by atoms with van der Waals surface area (Å²) in [4.78, 5) is 15.4. The standard InChI is InChI=1S/C12H14N2O3S/c1-3-16-11(15)10-6-17-12(14-10)13-8(2)9-4-5-18-7-9/h4-8H,3H2,1-2H3,(H,13,14). The normalized spacial score (nSPS) is 12.1. The van der Waals surface area contributed by atoms with Gasteiger partial charge in [0.25, 0.3) is 6.01 Å². The summed E-state index contributed by atoms with van der Waals surface area (Å²) in [5, 5.41) is 7.14. The zero-order valence-corrected chi connectivity index (χ0v) is 11.0. The first-order valence-corrected chi connectivity index (χ1v) is 6.56. The Morgan fingerprint density at radius 1 is 1.67 bits per heavy atom. The first-order chi connectivity index (χ1) is 8.70. The molecule has 5 nitrogen and oxygen atoms in total. The van der Waals surface area contributed by atoms with Crippen LogP contribution in [-0.4, -0.2) is 17.6 Å². The number of rotatable bonds is 5. The summed E-state index contributed by atoms with van der Waals surface area (Å²) in [7, 11) is 0. The Bertz CT molecular complexity index is 507. The van der Waals surface area contributed by atoms with Crippen molar-refractivity contribution in [2.45, 2.75) is 19.9 Å². The van der Waals surface area contributed by atoms with Gasteiger partial charge in [-0.15, -0.1) is 0 Å². The van der Waals surface area contributed by atoms with Crippen LogP contribution >= 0.6 is 11.3 Å². The lowest BCUT2D eigenvalue weighted by atomic mass is 10.2. The first-order valence-electron chi connectivity index (χ1n) is 5.62. The highest BCUT2D eigenvalue weighted by Crippen LogP contribution is 2.20. The zero-order valence-electron chi connectivity index (χ0n) is 10.2. The average molecular weight is 266 g/mol. The Morgan fingerprint density at radius 2 is 2.50 bits per heavy atom. The minimum atomic E-state index is -0.475. The second-order valence-electron chi connectivity index (χ2n) is 3.68. The van der Waals surface area contributed by atoms with E-state index >= 15 is 0 Å². The number of nitrogens with zero attached hydrogens (tertiary/aromatic N) is 1. The van der Waals surface area contributed by atoms with E-state index in [9.17, 15) is 4.79 Å². The van der Waals surface area contributed by atoms with Gasteiger partial charge >= 0.3 is 5.97 Å². The Morgan fingerprint density at radius 3 is 3.17 bits per heavy atom. The van der Waals surface area contributed by atoms with Crippen LogP contribution in [0, 0.1) is 0 Å². The van der Waals surface area contributed by atoms with Gasteiger partial charge in [0.05, 0.1) is 12.6 Å². The Hall–Kier alpha value is -1.82. The molecule has 96 valence electrons. The molecule has 0 aromatic carbocycles. The molecule has 0 radical (unpaired) electrons. The third-order valence-electron chi connectivity index (χ3n) is 2.37. The maximum Gasteiger partial charge on any atom is 0.360 e. The molecule has 0 amide bonds. The van der Waals surface area contributed by atoms with Crippen molar-refractivity contribution in [2.24, 2.45) is 0 Å². The van der Waals surface area contributed by atoms with Crippen molar-refractivity contribution in [1.29, 1.82) is 0 Å². The highest BCUT2D eigenvalue weighted by atomic mass is 32.1. The van der Waals surface area contributed by atoms with Crippen molar-refractivity contribution in [1.82, 2.24) is 4.98 Å². The highest BCUT2D eigenvalue weighted by Gasteiger charge is 2.15. The van der Waals surface area contributed by atoms with Crippen molar-refractivity contribution in [2.75, 3.05) is 11.9 Å². The van der Waals surface area contributed by atoms with Crippen molar-refractivity contribution in [3.63, 3.8) is 0 Å². The Balaban J connectivity index is 2.00. The van der Waals surface area contributed by atoms with E-state index in [-0.39, 0.29) is 11.7 Å². The number of carbonyl (C=O) groups excluding carboxylic acids is 1. The largest absolute Gasteiger partial charge is 0.461 e. The quantitative estimate of drug-likeness (QED) is 0.842. The monoisotopic (exact) mass is 266 g/mol. The van der Waals surface area contributed by atoms with Crippen LogP contribution in [-0.2, 0) is 4.74 Å². The van der Waals surface area contributed by atoms with Crippen molar-refractivity contribution in [3.05, 3.63) is 34.3 Å². The van der Waals surface area contributed by atoms with E-state index in [1.807, 2.05) is 23.8 Å². The predicted octanol–water partition coefficient (Wildman–Crippen LogP) is 3.09. The van der Waals surface area contributed by atoms with Gasteiger partial charge in [0, 0.05) is 0 Å². The molecule has 1 atom stereocenters. The molecule has 0 fully saturated rings. The predicted molar refractivity (Wildman–Crippen MR) is 68.8 cm³/mol. The van der Waals surface area contributed by atoms with E-state index in [0.717, 1.165) is 5.56 Å². The van der Waals surface area contributed by atoms with Gasteiger partial charge in [-0.2, -0.15) is 16.3 Å². The fourth-order valence-corrected chi connectivity index (χ4v) is 2.18. The van der Waals surface area contributed by atoms with Crippen LogP contribution in [0.15, 0.2) is 27.5 Å². The summed E-state index contributed by atoms with van der Waals surface area (Å²) in [5.41, 5.74) is 1.33. The lowest BCUT2D eigenvalue weighted by Crippen LogP contribution is -2.07. The summed E-state index contributed by atoms with van der Waals surface area (Å²) in [6.45, 7) is 4.06. The maximum atomic E-state index is 11.4. The molecular formula is C12H14N2O3S. The number of carbonyl (C=O) groups is 1. The molecule has 0 aliphatic carbocycles. The van der Waals surface area contributed by atoms with Gasteiger partial charge in [-0.05, 0) is 36.2 Å². The highest BCUT2D eigenvalue weighted by molar-refractivity contribution is 7.07. The van der Waals surface area contributed by atoms with Gasteiger partial charge in [-0.1, -0.05) is 0 Å². The van der Waals surface area contributed by atoms with E-state index in [4.69, 9.17) is 9.15 Å². The van der Waals surface area contributed by atoms with Crippen LogP contribution in [0.4, 0.5) is 6.01 Å². The molecule has 2 rings (SSSR count). The van der Waals surface area contributed by atoms with Gasteiger partial charge in [0.1, 0.15) is 6.26 Å². The summed E-state index contributed by atoms with van der Waals surface area (Å²) < 4.78 is 10.0. The number of thiophene rings is 1. The Labute approximate surface area is 109 Å². The SMILES string of the molecule is CCOC(=O)c1coc(NC(C)c2ccsc2)n1. The number of oxazole rings is 1. The summed E-state index contributed by atoms with van der Waals surface area (Å²) in [6.07, 6.45) is 1.29. The number of nitrogens with one attached hydrogen (secondary N) is 1. The van der Waals surface area contributed by atoms with Crippen LogP contribution < -0.4 is 5.32 Å². The first kappa shape index (κ1) is 12.6. The Kier molecular flexibility index (Phi) is 3.99. The molecule has 0 spiro atoms. The van der Waals surface area contributed by atoms with Gasteiger partial charge < -0.3 is 14.5 Å². The number of hydrogen-bond acceptors (Lipinski definition) is 6. The molecule has 1 N–H and O–H groups in total. The third-order valence-corrected chi connectivity index (χ3v) is 3.07. The topological polar surface area (TPSA) is 64.4 Å². The van der Waals surface area contributed by atoms with Crippen LogP contribution in [0.2, 0.25) is 0 Å². The second kappa shape index (κ2) is 5.68. The van der Waals surface area contributed by atoms with E-state index in [1.165, 1.54) is 6.26 Å². The molecule has 18 heavy (non-hydrogen) atoms. The number of hydrogen-bond donors (Lipinski definition) is 1. The van der Waals surface area contributed by atoms with Crippen molar-refractivity contribution < 1.29 is 13.9 Å². The number of ether oxygens (including phenoxy) is 1. The van der Waals surface area contributed by atoms with E-state index in [1.54, 1.807) is 18.3 Å². The average Bonchev–Trinajstić information content (AvgIpc) is 2.99. The molecule has 0 aliphatic heterocycles. The smallest absolute Gasteiger partial charge is 0.360 e. The molecule has 2 aromatic rings. The minimum Gasteiger partial charge on any atom is -0.461 e. The van der Waals surface area contributed by atoms with E-state index < -0.39 is 5.97 Å². The molecule has 0 bridgehead atoms. The van der Waals surface area contributed by atoms with Gasteiger partial charge in [-0.25, -0.2) is 4.79 Å². The van der Waals surface area contributed by atoms with Crippen LogP contribution in [0.1, 0.15) is 35.9 Å². The zero-order chi connectivity index (χ0) is 13.0. The molecule has 2 aromatic heterocycles. The molecular weight excluding hydrogens is 252 g/mol. The van der Waals surface area contributed by atoms with Gasteiger partial charge in [0.2, 0.25) is 0 Å². The van der Waals surface area contributed by atoms with Crippen LogP contribution in [0.5, 0.6) is 0 Å². The molecule has 1 unspecified atom stereocenters. The summed E-state index contributed by atoms with van der Waals surface area (Å²) in [6, 6.07) is 2.42. The number of aromatic nitrogens is 1. The van der Waals surface area contributed by atoms with E-state index in [2.05, 4.69) is 10.3 Å². The minimum absolute atomic E-state index is 0.0740. The molecule has 6 heteroatoms. The van der Waals surface area contributed by atoms with Crippen molar-refractivity contribution >= 4 is 23.3 Å². The van der Waals surface area contributed by atoms with Crippen LogP contribution in [0.3, 0.4) is 0 Å². The second-order valence-corrected chi connectivity index (χ2v) is 4.46. The fourth-order valence-electron chi connectivity index (χ4n) is 1.43. The third kappa shape index (κ3) is 2.89. The molecule has 2 heterocycles. The fraction of sp³-hybridized carbons (Fsp3) is 0.333.